The van der Waals surface area contributed by atoms with Gasteiger partial charge < -0.3 is 14.5 Å². The zero-order valence-corrected chi connectivity index (χ0v) is 18.9. The number of nitrogens with zero attached hydrogens (tertiary/aromatic N) is 2. The van der Waals surface area contributed by atoms with E-state index in [4.69, 9.17) is 16.3 Å². The van der Waals surface area contributed by atoms with Crippen LogP contribution >= 0.6 is 11.6 Å². The largest absolute Gasteiger partial charge is 0.491 e. The first-order valence-corrected chi connectivity index (χ1v) is 11.3. The number of amides is 1. The lowest BCUT2D eigenvalue weighted by Crippen LogP contribution is -2.39. The number of para-hydroxylation sites is 1. The van der Waals surface area contributed by atoms with E-state index in [-0.39, 0.29) is 17.9 Å². The Hall–Kier alpha value is -2.04. The summed E-state index contributed by atoms with van der Waals surface area (Å²) in [6.07, 6.45) is 3.40. The van der Waals surface area contributed by atoms with Crippen molar-refractivity contribution in [3.63, 3.8) is 0 Å². The second-order valence-corrected chi connectivity index (χ2v) is 9.28. The van der Waals surface area contributed by atoms with Crippen LogP contribution in [0.25, 0.3) is 0 Å². The molecule has 2 aliphatic heterocycles. The number of fused-ring (bicyclic) bond motifs is 1. The van der Waals surface area contributed by atoms with Crippen LogP contribution in [-0.2, 0) is 11.2 Å². The first-order chi connectivity index (χ1) is 14.4. The molecular weight excluding hydrogens is 396 g/mol. The van der Waals surface area contributed by atoms with Crippen molar-refractivity contribution in [1.29, 1.82) is 0 Å². The standard InChI is InChI=1S/C25H31ClN2O2/c1-17(2)30-20-8-9-23(26)19(15-20)14-18-10-12-28(13-11-18)16-22-21-6-4-5-7-24(21)27(3)25(22)29/h4-9,15,17-18,22H,10-14,16H2,1-3H3. The molecule has 1 fully saturated rings. The highest BCUT2D eigenvalue weighted by Crippen LogP contribution is 2.37. The second kappa shape index (κ2) is 8.99. The molecule has 5 heteroatoms. The topological polar surface area (TPSA) is 32.8 Å². The maximum Gasteiger partial charge on any atom is 0.235 e. The van der Waals surface area contributed by atoms with Crippen molar-refractivity contribution in [3.8, 4) is 5.75 Å². The summed E-state index contributed by atoms with van der Waals surface area (Å²) < 4.78 is 5.84. The molecule has 0 N–H and O–H groups in total. The number of ether oxygens (including phenoxy) is 1. The van der Waals surface area contributed by atoms with Gasteiger partial charge in [0.1, 0.15) is 5.75 Å². The Labute approximate surface area is 184 Å². The number of hydrogen-bond acceptors (Lipinski definition) is 3. The number of likely N-dealkylation sites (N-methyl/N-ethyl adjacent to an activating group) is 1. The lowest BCUT2D eigenvalue weighted by atomic mass is 9.89. The number of carbonyl (C=O) groups excluding carboxylic acids is 1. The molecule has 0 aromatic heterocycles. The van der Waals surface area contributed by atoms with Crippen LogP contribution in [0.15, 0.2) is 42.5 Å². The van der Waals surface area contributed by atoms with Crippen molar-refractivity contribution in [2.45, 2.75) is 45.1 Å². The molecule has 4 nitrogen and oxygen atoms in total. The van der Waals surface area contributed by atoms with Crippen LogP contribution < -0.4 is 9.64 Å². The summed E-state index contributed by atoms with van der Waals surface area (Å²) in [5.41, 5.74) is 3.40. The van der Waals surface area contributed by atoms with Crippen LogP contribution in [0.4, 0.5) is 5.69 Å². The predicted octanol–water partition coefficient (Wildman–Crippen LogP) is 5.14. The monoisotopic (exact) mass is 426 g/mol. The van der Waals surface area contributed by atoms with Gasteiger partial charge in [-0.05, 0) is 87.5 Å². The Kier molecular flexibility index (Phi) is 6.35. The number of benzene rings is 2. The second-order valence-electron chi connectivity index (χ2n) is 8.88. The predicted molar refractivity (Wildman–Crippen MR) is 123 cm³/mol. The summed E-state index contributed by atoms with van der Waals surface area (Å²) in [5.74, 6) is 1.68. The van der Waals surface area contributed by atoms with Gasteiger partial charge in [-0.15, -0.1) is 0 Å². The van der Waals surface area contributed by atoms with E-state index in [1.54, 1.807) is 4.90 Å². The molecule has 0 aliphatic carbocycles. The van der Waals surface area contributed by atoms with Crippen LogP contribution in [0.1, 0.15) is 43.7 Å². The van der Waals surface area contributed by atoms with Gasteiger partial charge in [0.25, 0.3) is 0 Å². The number of carbonyl (C=O) groups is 1. The van der Waals surface area contributed by atoms with Gasteiger partial charge in [0.15, 0.2) is 0 Å². The Morgan fingerprint density at radius 2 is 1.87 bits per heavy atom. The first-order valence-electron chi connectivity index (χ1n) is 11.0. The fraction of sp³-hybridized carbons (Fsp3) is 0.480. The third kappa shape index (κ3) is 4.50. The minimum Gasteiger partial charge on any atom is -0.491 e. The molecule has 1 unspecified atom stereocenters. The van der Waals surface area contributed by atoms with Crippen molar-refractivity contribution >= 4 is 23.2 Å². The zero-order chi connectivity index (χ0) is 21.3. The fourth-order valence-electron chi connectivity index (χ4n) is 4.74. The molecule has 1 saturated heterocycles. The van der Waals surface area contributed by atoms with Gasteiger partial charge in [0, 0.05) is 24.3 Å². The summed E-state index contributed by atoms with van der Waals surface area (Å²) >= 11 is 6.46. The minimum atomic E-state index is -0.0398. The normalized spacial score (nSPS) is 20.1. The molecule has 2 heterocycles. The maximum absolute atomic E-state index is 12.8. The smallest absolute Gasteiger partial charge is 0.235 e. The van der Waals surface area contributed by atoms with E-state index >= 15 is 0 Å². The number of piperidine rings is 1. The Balaban J connectivity index is 1.34. The third-order valence-corrected chi connectivity index (χ3v) is 6.72. The number of rotatable bonds is 6. The quantitative estimate of drug-likeness (QED) is 0.641. The fourth-order valence-corrected chi connectivity index (χ4v) is 4.94. The maximum atomic E-state index is 12.8. The highest BCUT2D eigenvalue weighted by Gasteiger charge is 2.36. The molecule has 0 bridgehead atoms. The lowest BCUT2D eigenvalue weighted by Gasteiger charge is -2.33. The first kappa shape index (κ1) is 21.2. The molecular formula is C25H31ClN2O2. The lowest BCUT2D eigenvalue weighted by molar-refractivity contribution is -0.119. The van der Waals surface area contributed by atoms with E-state index in [9.17, 15) is 4.79 Å². The van der Waals surface area contributed by atoms with E-state index < -0.39 is 0 Å². The van der Waals surface area contributed by atoms with Crippen LogP contribution in [0.3, 0.4) is 0 Å². The van der Waals surface area contributed by atoms with E-state index in [0.717, 1.165) is 55.4 Å². The van der Waals surface area contributed by atoms with Crippen LogP contribution in [0, 0.1) is 5.92 Å². The van der Waals surface area contributed by atoms with Crippen molar-refractivity contribution in [2.75, 3.05) is 31.6 Å². The Bertz CT molecular complexity index is 906. The van der Waals surface area contributed by atoms with Gasteiger partial charge in [-0.1, -0.05) is 29.8 Å². The molecule has 0 saturated carbocycles. The summed E-state index contributed by atoms with van der Waals surface area (Å²) in [5, 5.41) is 0.824. The van der Waals surface area contributed by atoms with Gasteiger partial charge in [-0.2, -0.15) is 0 Å². The summed E-state index contributed by atoms with van der Waals surface area (Å²) in [6.45, 7) is 6.94. The molecule has 4 rings (SSSR count). The molecule has 0 radical (unpaired) electrons. The summed E-state index contributed by atoms with van der Waals surface area (Å²) in [4.78, 5) is 17.0. The number of likely N-dealkylation sites (tertiary alicyclic amines) is 1. The van der Waals surface area contributed by atoms with Gasteiger partial charge in [0.2, 0.25) is 5.91 Å². The number of anilines is 1. The van der Waals surface area contributed by atoms with Crippen molar-refractivity contribution in [2.24, 2.45) is 5.92 Å². The molecule has 2 aliphatic rings. The molecule has 160 valence electrons. The van der Waals surface area contributed by atoms with E-state index in [1.807, 2.05) is 51.2 Å². The third-order valence-electron chi connectivity index (χ3n) is 6.35. The molecule has 30 heavy (non-hydrogen) atoms. The summed E-state index contributed by atoms with van der Waals surface area (Å²) in [6, 6.07) is 14.2. The molecule has 2 aromatic rings. The van der Waals surface area contributed by atoms with Crippen LogP contribution in [-0.4, -0.2) is 43.6 Å². The van der Waals surface area contributed by atoms with Crippen molar-refractivity contribution in [3.05, 3.63) is 58.6 Å². The van der Waals surface area contributed by atoms with Gasteiger partial charge in [-0.25, -0.2) is 0 Å². The minimum absolute atomic E-state index is 0.0398. The average Bonchev–Trinajstić information content (AvgIpc) is 2.97. The van der Waals surface area contributed by atoms with E-state index in [0.29, 0.717) is 5.92 Å². The highest BCUT2D eigenvalue weighted by atomic mass is 35.5. The number of halogens is 1. The summed E-state index contributed by atoms with van der Waals surface area (Å²) in [7, 11) is 1.88. The Morgan fingerprint density at radius 1 is 1.13 bits per heavy atom. The zero-order valence-electron chi connectivity index (χ0n) is 18.1. The molecule has 1 amide bonds. The van der Waals surface area contributed by atoms with Crippen molar-refractivity contribution < 1.29 is 9.53 Å². The van der Waals surface area contributed by atoms with Gasteiger partial charge >= 0.3 is 0 Å². The SMILES string of the molecule is CC(C)Oc1ccc(Cl)c(CC2CCN(CC3C(=O)N(C)c4ccccc43)CC2)c1. The van der Waals surface area contributed by atoms with Gasteiger partial charge in [-0.3, -0.25) is 4.79 Å². The van der Waals surface area contributed by atoms with E-state index in [2.05, 4.69) is 17.0 Å². The number of hydrogen-bond donors (Lipinski definition) is 0. The highest BCUT2D eigenvalue weighted by molar-refractivity contribution is 6.31. The van der Waals surface area contributed by atoms with Crippen LogP contribution in [0.5, 0.6) is 5.75 Å². The Morgan fingerprint density at radius 3 is 2.60 bits per heavy atom. The molecule has 1 atom stereocenters. The van der Waals surface area contributed by atoms with Gasteiger partial charge in [0.05, 0.1) is 12.0 Å². The van der Waals surface area contributed by atoms with Crippen molar-refractivity contribution in [1.82, 2.24) is 4.90 Å². The van der Waals surface area contributed by atoms with E-state index in [1.165, 1.54) is 11.1 Å². The van der Waals surface area contributed by atoms with Crippen LogP contribution in [0.2, 0.25) is 5.02 Å². The molecule has 2 aromatic carbocycles. The average molecular weight is 427 g/mol. The molecule has 0 spiro atoms.